The quantitative estimate of drug-likeness (QED) is 0.830. The second-order valence-corrected chi connectivity index (χ2v) is 3.70. The molecule has 1 amide bonds. The van der Waals surface area contributed by atoms with Gasteiger partial charge < -0.3 is 5.32 Å². The third-order valence-corrected chi connectivity index (χ3v) is 2.21. The number of hydrogen-bond donors (Lipinski definition) is 1. The van der Waals surface area contributed by atoms with Gasteiger partial charge in [-0.15, -0.1) is 0 Å². The molecule has 4 heteroatoms. The van der Waals surface area contributed by atoms with E-state index in [1.165, 1.54) is 18.2 Å². The van der Waals surface area contributed by atoms with Gasteiger partial charge in [0.05, 0.1) is 0 Å². The topological polar surface area (TPSA) is 29.1 Å². The molecule has 1 rings (SSSR count). The van der Waals surface area contributed by atoms with Gasteiger partial charge in [0.2, 0.25) is 0 Å². The molecule has 0 saturated carbocycles. The molecule has 76 valence electrons. The Balaban J connectivity index is 2.80. The molecular weight excluding hydrogens is 249 g/mol. The zero-order valence-corrected chi connectivity index (χ0v) is 9.40. The largest absolute Gasteiger partial charge is 0.351 e. The summed E-state index contributed by atoms with van der Waals surface area (Å²) in [6.45, 7) is 2.28. The van der Waals surface area contributed by atoms with E-state index in [0.717, 1.165) is 0 Å². The van der Waals surface area contributed by atoms with Gasteiger partial charge in [-0.05, 0) is 30.7 Å². The van der Waals surface area contributed by atoms with Crippen molar-refractivity contribution < 1.29 is 9.18 Å². The highest BCUT2D eigenvalue weighted by molar-refractivity contribution is 9.09. The van der Waals surface area contributed by atoms with Crippen molar-refractivity contribution in [3.63, 3.8) is 0 Å². The highest BCUT2D eigenvalue weighted by Crippen LogP contribution is 2.09. The second kappa shape index (κ2) is 5.10. The van der Waals surface area contributed by atoms with E-state index in [1.54, 1.807) is 6.92 Å². The van der Waals surface area contributed by atoms with Gasteiger partial charge in [-0.3, -0.25) is 4.79 Å². The lowest BCUT2D eigenvalue weighted by Gasteiger charge is -2.05. The van der Waals surface area contributed by atoms with E-state index in [9.17, 15) is 9.18 Å². The van der Waals surface area contributed by atoms with Crippen LogP contribution in [0, 0.1) is 12.7 Å². The number of hydrogen-bond acceptors (Lipinski definition) is 1. The molecule has 0 aliphatic rings. The molecule has 1 aromatic carbocycles. The van der Waals surface area contributed by atoms with Crippen LogP contribution in [0.25, 0.3) is 0 Å². The Hall–Kier alpha value is -0.900. The maximum Gasteiger partial charge on any atom is 0.251 e. The molecule has 1 N–H and O–H groups in total. The van der Waals surface area contributed by atoms with E-state index in [4.69, 9.17) is 0 Å². The molecule has 0 heterocycles. The third-order valence-electron chi connectivity index (χ3n) is 1.81. The second-order valence-electron chi connectivity index (χ2n) is 2.90. The van der Waals surface area contributed by atoms with Crippen molar-refractivity contribution in [2.24, 2.45) is 0 Å². The zero-order valence-electron chi connectivity index (χ0n) is 7.81. The van der Waals surface area contributed by atoms with Crippen LogP contribution in [0.1, 0.15) is 15.9 Å². The van der Waals surface area contributed by atoms with Gasteiger partial charge in [-0.1, -0.05) is 15.9 Å². The molecule has 0 aromatic heterocycles. The standard InChI is InChI=1S/C10H11BrFNO/c1-7-6-8(12)2-3-9(7)10(14)13-5-4-11/h2-3,6H,4-5H2,1H3,(H,13,14). The lowest BCUT2D eigenvalue weighted by Crippen LogP contribution is -2.25. The highest BCUT2D eigenvalue weighted by atomic mass is 79.9. The minimum absolute atomic E-state index is 0.165. The van der Waals surface area contributed by atoms with Crippen LogP contribution in [-0.4, -0.2) is 17.8 Å². The normalized spacial score (nSPS) is 9.93. The molecule has 0 radical (unpaired) electrons. The van der Waals surface area contributed by atoms with Gasteiger partial charge in [0, 0.05) is 17.4 Å². The molecule has 0 aliphatic heterocycles. The van der Waals surface area contributed by atoms with Crippen molar-refractivity contribution in [1.82, 2.24) is 5.32 Å². The Morgan fingerprint density at radius 3 is 2.86 bits per heavy atom. The number of alkyl halides is 1. The molecule has 0 aliphatic carbocycles. The van der Waals surface area contributed by atoms with Crippen molar-refractivity contribution in [2.75, 3.05) is 11.9 Å². The van der Waals surface area contributed by atoms with Crippen LogP contribution in [0.5, 0.6) is 0 Å². The number of rotatable bonds is 3. The lowest BCUT2D eigenvalue weighted by atomic mass is 10.1. The van der Waals surface area contributed by atoms with Gasteiger partial charge in [-0.2, -0.15) is 0 Å². The summed E-state index contributed by atoms with van der Waals surface area (Å²) in [5.41, 5.74) is 1.17. The minimum Gasteiger partial charge on any atom is -0.351 e. The summed E-state index contributed by atoms with van der Waals surface area (Å²) in [6, 6.07) is 4.13. The van der Waals surface area contributed by atoms with E-state index >= 15 is 0 Å². The molecule has 0 spiro atoms. The highest BCUT2D eigenvalue weighted by Gasteiger charge is 2.08. The average molecular weight is 260 g/mol. The van der Waals surface area contributed by atoms with Crippen molar-refractivity contribution in [2.45, 2.75) is 6.92 Å². The molecule has 0 bridgehead atoms. The SMILES string of the molecule is Cc1cc(F)ccc1C(=O)NCCBr. The van der Waals surface area contributed by atoms with Crippen LogP contribution in [0.3, 0.4) is 0 Å². The Bertz CT molecular complexity index is 341. The first-order chi connectivity index (χ1) is 6.65. The third kappa shape index (κ3) is 2.80. The van der Waals surface area contributed by atoms with Crippen molar-refractivity contribution in [1.29, 1.82) is 0 Å². The number of carbonyl (C=O) groups excluding carboxylic acids is 1. The van der Waals surface area contributed by atoms with Crippen LogP contribution < -0.4 is 5.32 Å². The molecule has 1 aromatic rings. The molecule has 0 atom stereocenters. The van der Waals surface area contributed by atoms with Crippen molar-refractivity contribution >= 4 is 21.8 Å². The van der Waals surface area contributed by atoms with E-state index in [2.05, 4.69) is 21.2 Å². The summed E-state index contributed by atoms with van der Waals surface area (Å²) in [4.78, 5) is 11.5. The first kappa shape index (κ1) is 11.2. The Kier molecular flexibility index (Phi) is 4.07. The first-order valence-electron chi connectivity index (χ1n) is 4.25. The summed E-state index contributed by atoms with van der Waals surface area (Å²) in [5.74, 6) is -0.485. The molecule has 14 heavy (non-hydrogen) atoms. The summed E-state index contributed by atoms with van der Waals surface area (Å²) < 4.78 is 12.7. The minimum atomic E-state index is -0.320. The van der Waals surface area contributed by atoms with Crippen molar-refractivity contribution in [3.05, 3.63) is 35.1 Å². The summed E-state index contributed by atoms with van der Waals surface area (Å²) >= 11 is 3.21. The van der Waals surface area contributed by atoms with E-state index < -0.39 is 0 Å². The van der Waals surface area contributed by atoms with E-state index in [1.807, 2.05) is 0 Å². The Morgan fingerprint density at radius 2 is 2.29 bits per heavy atom. The van der Waals surface area contributed by atoms with Crippen molar-refractivity contribution in [3.8, 4) is 0 Å². The van der Waals surface area contributed by atoms with Gasteiger partial charge in [0.25, 0.3) is 5.91 Å². The smallest absolute Gasteiger partial charge is 0.251 e. The van der Waals surface area contributed by atoms with E-state index in [0.29, 0.717) is 23.0 Å². The monoisotopic (exact) mass is 259 g/mol. The van der Waals surface area contributed by atoms with Crippen LogP contribution in [0.4, 0.5) is 4.39 Å². The van der Waals surface area contributed by atoms with Gasteiger partial charge in [0.1, 0.15) is 5.82 Å². The number of aryl methyl sites for hydroxylation is 1. The fourth-order valence-electron chi connectivity index (χ4n) is 1.14. The van der Waals surface area contributed by atoms with Crippen LogP contribution >= 0.6 is 15.9 Å². The summed E-state index contributed by atoms with van der Waals surface area (Å²) in [6.07, 6.45) is 0. The Labute approximate surface area is 90.6 Å². The summed E-state index contributed by atoms with van der Waals surface area (Å²) in [7, 11) is 0. The van der Waals surface area contributed by atoms with Gasteiger partial charge in [-0.25, -0.2) is 4.39 Å². The van der Waals surface area contributed by atoms with Gasteiger partial charge >= 0.3 is 0 Å². The Morgan fingerprint density at radius 1 is 1.57 bits per heavy atom. The molecular formula is C10H11BrFNO. The predicted octanol–water partition coefficient (Wildman–Crippen LogP) is 2.26. The van der Waals surface area contributed by atoms with Gasteiger partial charge in [0.15, 0.2) is 0 Å². The maximum absolute atomic E-state index is 12.7. The zero-order chi connectivity index (χ0) is 10.6. The fourth-order valence-corrected chi connectivity index (χ4v) is 1.34. The number of halogens is 2. The first-order valence-corrected chi connectivity index (χ1v) is 5.37. The number of nitrogens with one attached hydrogen (secondary N) is 1. The predicted molar refractivity (Wildman–Crippen MR) is 57.3 cm³/mol. The summed E-state index contributed by atoms with van der Waals surface area (Å²) in [5, 5.41) is 3.41. The number of benzene rings is 1. The van der Waals surface area contributed by atoms with Crippen LogP contribution in [0.15, 0.2) is 18.2 Å². The fraction of sp³-hybridized carbons (Fsp3) is 0.300. The number of amides is 1. The number of carbonyl (C=O) groups is 1. The molecule has 0 saturated heterocycles. The van der Waals surface area contributed by atoms with E-state index in [-0.39, 0.29) is 11.7 Å². The maximum atomic E-state index is 12.7. The molecule has 0 fully saturated rings. The molecule has 0 unspecified atom stereocenters. The average Bonchev–Trinajstić information content (AvgIpc) is 2.14. The lowest BCUT2D eigenvalue weighted by molar-refractivity contribution is 0.0955. The van der Waals surface area contributed by atoms with Crippen LogP contribution in [0.2, 0.25) is 0 Å². The van der Waals surface area contributed by atoms with Crippen LogP contribution in [-0.2, 0) is 0 Å². The molecule has 2 nitrogen and oxygen atoms in total.